The van der Waals surface area contributed by atoms with E-state index in [1.54, 1.807) is 0 Å². The molecule has 1 aliphatic heterocycles. The van der Waals surface area contributed by atoms with Gasteiger partial charge in [-0.3, -0.25) is 4.79 Å². The molecule has 1 aromatic rings. The van der Waals surface area contributed by atoms with Crippen LogP contribution >= 0.6 is 11.8 Å². The monoisotopic (exact) mass is 185 g/mol. The molecule has 1 aromatic heterocycles. The molecule has 0 radical (unpaired) electrons. The predicted molar refractivity (Wildman–Crippen MR) is 49.3 cm³/mol. The predicted octanol–water partition coefficient (Wildman–Crippen LogP) is 1.55. The molecular formula is C8H11NO2S. The summed E-state index contributed by atoms with van der Waals surface area (Å²) in [5, 5.41) is 0. The summed E-state index contributed by atoms with van der Waals surface area (Å²) in [7, 11) is 0. The molecule has 1 fully saturated rings. The van der Waals surface area contributed by atoms with Gasteiger partial charge in [0.25, 0.3) is 5.56 Å². The lowest BCUT2D eigenvalue weighted by molar-refractivity contribution is 0.524. The number of aromatic nitrogens is 1. The summed E-state index contributed by atoms with van der Waals surface area (Å²) in [6, 6.07) is 1.25. The van der Waals surface area contributed by atoms with Gasteiger partial charge in [-0.2, -0.15) is 16.7 Å². The molecule has 0 amide bonds. The van der Waals surface area contributed by atoms with Crippen LogP contribution in [-0.2, 0) is 0 Å². The molecule has 0 bridgehead atoms. The standard InChI is InChI=1S/C4H3NO2.C4H8S/c6-4-1-2-7-3-5-4;1-2-4-5-3-1/h1-3H;1-4H2. The number of hydrogen-bond donors (Lipinski definition) is 0. The van der Waals surface area contributed by atoms with Crippen molar-refractivity contribution in [3.8, 4) is 0 Å². The first kappa shape index (κ1) is 9.32. The Hall–Kier alpha value is -0.770. The van der Waals surface area contributed by atoms with Crippen molar-refractivity contribution in [3.05, 3.63) is 29.1 Å². The highest BCUT2D eigenvalue weighted by molar-refractivity contribution is 7.99. The van der Waals surface area contributed by atoms with Crippen molar-refractivity contribution in [3.63, 3.8) is 0 Å². The van der Waals surface area contributed by atoms with E-state index in [1.165, 1.54) is 36.7 Å². The van der Waals surface area contributed by atoms with E-state index in [0.29, 0.717) is 0 Å². The lowest BCUT2D eigenvalue weighted by atomic mass is 10.4. The average molecular weight is 185 g/mol. The largest absolute Gasteiger partial charge is 0.453 e. The van der Waals surface area contributed by atoms with Gasteiger partial charge in [0.1, 0.15) is 0 Å². The van der Waals surface area contributed by atoms with Gasteiger partial charge < -0.3 is 4.42 Å². The summed E-state index contributed by atoms with van der Waals surface area (Å²) in [6.07, 6.45) is 5.31. The van der Waals surface area contributed by atoms with E-state index < -0.39 is 0 Å². The molecule has 0 unspecified atom stereocenters. The van der Waals surface area contributed by atoms with E-state index in [4.69, 9.17) is 0 Å². The fraction of sp³-hybridized carbons (Fsp3) is 0.500. The number of hydrogen-bond acceptors (Lipinski definition) is 4. The molecule has 0 aliphatic carbocycles. The fourth-order valence-electron chi connectivity index (χ4n) is 0.768. The Bertz CT molecular complexity index is 232. The number of nitrogens with zero attached hydrogens (tertiary/aromatic N) is 1. The van der Waals surface area contributed by atoms with Gasteiger partial charge in [0.05, 0.1) is 6.26 Å². The van der Waals surface area contributed by atoms with Gasteiger partial charge in [-0.15, -0.1) is 0 Å². The summed E-state index contributed by atoms with van der Waals surface area (Å²) in [4.78, 5) is 13.4. The highest BCUT2D eigenvalue weighted by atomic mass is 32.2. The highest BCUT2D eigenvalue weighted by Crippen LogP contribution is 2.14. The lowest BCUT2D eigenvalue weighted by Gasteiger charge is -1.72. The minimum atomic E-state index is -0.272. The SMILES string of the molecule is C1CCSC1.O=c1ccocn1. The molecule has 1 aliphatic rings. The molecule has 66 valence electrons. The maximum Gasteiger partial charge on any atom is 0.275 e. The number of thioether (sulfide) groups is 1. The topological polar surface area (TPSA) is 43.1 Å². The quantitative estimate of drug-likeness (QED) is 0.615. The molecule has 2 rings (SSSR count). The summed E-state index contributed by atoms with van der Waals surface area (Å²) < 4.78 is 4.45. The van der Waals surface area contributed by atoms with Crippen molar-refractivity contribution in [2.75, 3.05) is 11.5 Å². The molecule has 1 saturated heterocycles. The average Bonchev–Trinajstić information content (AvgIpc) is 2.62. The molecule has 0 saturated carbocycles. The van der Waals surface area contributed by atoms with Crippen LogP contribution in [0.15, 0.2) is 27.9 Å². The van der Waals surface area contributed by atoms with Crippen LogP contribution in [0, 0.1) is 0 Å². The Morgan fingerprint density at radius 3 is 2.42 bits per heavy atom. The van der Waals surface area contributed by atoms with Crippen LogP contribution in [0.2, 0.25) is 0 Å². The Labute approximate surface area is 75.2 Å². The van der Waals surface area contributed by atoms with Crippen LogP contribution in [0.4, 0.5) is 0 Å². The van der Waals surface area contributed by atoms with Crippen molar-refractivity contribution in [1.29, 1.82) is 0 Å². The highest BCUT2D eigenvalue weighted by Gasteiger charge is 1.95. The summed E-state index contributed by atoms with van der Waals surface area (Å²) in [5.41, 5.74) is -0.272. The van der Waals surface area contributed by atoms with Gasteiger partial charge in [-0.1, -0.05) is 0 Å². The molecule has 0 atom stereocenters. The van der Waals surface area contributed by atoms with Gasteiger partial charge in [-0.05, 0) is 24.3 Å². The van der Waals surface area contributed by atoms with E-state index in [-0.39, 0.29) is 5.56 Å². The lowest BCUT2D eigenvalue weighted by Crippen LogP contribution is -1.98. The minimum absolute atomic E-state index is 0.272. The van der Waals surface area contributed by atoms with Gasteiger partial charge >= 0.3 is 0 Å². The van der Waals surface area contributed by atoms with Gasteiger partial charge in [-0.25, -0.2) is 0 Å². The van der Waals surface area contributed by atoms with Crippen LogP contribution in [-0.4, -0.2) is 16.5 Å². The Kier molecular flexibility index (Phi) is 4.52. The van der Waals surface area contributed by atoms with Gasteiger partial charge in [0.2, 0.25) is 0 Å². The second-order valence-electron chi connectivity index (χ2n) is 2.33. The first-order valence-corrected chi connectivity index (χ1v) is 5.01. The number of rotatable bonds is 0. The third-order valence-corrected chi connectivity index (χ3v) is 2.51. The summed E-state index contributed by atoms with van der Waals surface area (Å²) in [6.45, 7) is 0. The minimum Gasteiger partial charge on any atom is -0.453 e. The third-order valence-electron chi connectivity index (χ3n) is 1.36. The zero-order valence-corrected chi connectivity index (χ0v) is 7.55. The van der Waals surface area contributed by atoms with Crippen LogP contribution in [0.3, 0.4) is 0 Å². The fourth-order valence-corrected chi connectivity index (χ4v) is 1.79. The molecule has 0 aromatic carbocycles. The van der Waals surface area contributed by atoms with Gasteiger partial charge in [0, 0.05) is 6.07 Å². The molecule has 4 heteroatoms. The smallest absolute Gasteiger partial charge is 0.275 e. The molecule has 3 nitrogen and oxygen atoms in total. The maximum absolute atomic E-state index is 10.1. The zero-order chi connectivity index (χ0) is 8.65. The van der Waals surface area contributed by atoms with Crippen molar-refractivity contribution in [2.24, 2.45) is 0 Å². The first-order valence-electron chi connectivity index (χ1n) is 3.86. The van der Waals surface area contributed by atoms with E-state index in [0.717, 1.165) is 6.39 Å². The van der Waals surface area contributed by atoms with E-state index >= 15 is 0 Å². The van der Waals surface area contributed by atoms with Crippen LogP contribution in [0.5, 0.6) is 0 Å². The van der Waals surface area contributed by atoms with Crippen molar-refractivity contribution in [1.82, 2.24) is 4.98 Å². The van der Waals surface area contributed by atoms with E-state index in [2.05, 4.69) is 21.2 Å². The van der Waals surface area contributed by atoms with Crippen molar-refractivity contribution in [2.45, 2.75) is 12.8 Å². The van der Waals surface area contributed by atoms with Gasteiger partial charge in [0.15, 0.2) is 6.39 Å². The van der Waals surface area contributed by atoms with Crippen LogP contribution in [0.25, 0.3) is 0 Å². The normalized spacial score (nSPS) is 15.0. The summed E-state index contributed by atoms with van der Waals surface area (Å²) in [5.74, 6) is 2.83. The molecule has 0 spiro atoms. The Morgan fingerprint density at radius 1 is 1.42 bits per heavy atom. The second kappa shape index (κ2) is 5.83. The van der Waals surface area contributed by atoms with Crippen LogP contribution in [0.1, 0.15) is 12.8 Å². The van der Waals surface area contributed by atoms with Crippen molar-refractivity contribution >= 4 is 11.8 Å². The molecular weight excluding hydrogens is 174 g/mol. The molecule has 12 heavy (non-hydrogen) atoms. The maximum atomic E-state index is 10.1. The van der Waals surface area contributed by atoms with E-state index in [9.17, 15) is 4.79 Å². The van der Waals surface area contributed by atoms with E-state index in [1.807, 2.05) is 0 Å². The first-order chi connectivity index (χ1) is 5.89. The third kappa shape index (κ3) is 4.18. The second-order valence-corrected chi connectivity index (χ2v) is 3.56. The Morgan fingerprint density at radius 2 is 2.17 bits per heavy atom. The summed E-state index contributed by atoms with van der Waals surface area (Å²) >= 11 is 2.07. The Balaban J connectivity index is 0.000000127. The molecule has 0 N–H and O–H groups in total. The van der Waals surface area contributed by atoms with Crippen LogP contribution < -0.4 is 5.56 Å². The van der Waals surface area contributed by atoms with Crippen molar-refractivity contribution < 1.29 is 4.42 Å². The zero-order valence-electron chi connectivity index (χ0n) is 6.73. The molecule has 2 heterocycles.